The molecular formula is C15H15FN2O2S. The average molecular weight is 306 g/mol. The fourth-order valence-corrected chi connectivity index (χ4v) is 2.64. The van der Waals surface area contributed by atoms with Crippen molar-refractivity contribution in [2.45, 2.75) is 11.8 Å². The van der Waals surface area contributed by atoms with Gasteiger partial charge in [0.2, 0.25) is 0 Å². The van der Waals surface area contributed by atoms with Gasteiger partial charge in [-0.05, 0) is 42.2 Å². The Bertz CT molecular complexity index is 645. The second kappa shape index (κ2) is 6.99. The molecule has 0 aliphatic heterocycles. The third-order valence-corrected chi connectivity index (χ3v) is 3.63. The molecule has 0 aliphatic carbocycles. The second-order valence-electron chi connectivity index (χ2n) is 4.10. The van der Waals surface area contributed by atoms with Gasteiger partial charge in [-0.25, -0.2) is 4.39 Å². The van der Waals surface area contributed by atoms with Gasteiger partial charge in [-0.2, -0.15) is 0 Å². The number of nitrogens with zero attached hydrogens (tertiary/aromatic N) is 1. The number of nitrogens with two attached hydrogens (primary N) is 1. The van der Waals surface area contributed by atoms with Crippen LogP contribution in [-0.2, 0) is 0 Å². The molecule has 0 atom stereocenters. The fourth-order valence-electron chi connectivity index (χ4n) is 1.80. The van der Waals surface area contributed by atoms with Crippen molar-refractivity contribution in [3.8, 4) is 11.5 Å². The summed E-state index contributed by atoms with van der Waals surface area (Å²) < 4.78 is 18.6. The van der Waals surface area contributed by atoms with Gasteiger partial charge in [-0.1, -0.05) is 18.1 Å². The third-order valence-electron chi connectivity index (χ3n) is 2.69. The molecule has 0 aliphatic rings. The summed E-state index contributed by atoms with van der Waals surface area (Å²) in [5, 5.41) is 12.0. The quantitative estimate of drug-likeness (QED) is 0.290. The normalized spacial score (nSPS) is 11.4. The van der Waals surface area contributed by atoms with Crippen LogP contribution in [0.4, 0.5) is 4.39 Å². The zero-order chi connectivity index (χ0) is 15.2. The van der Waals surface area contributed by atoms with E-state index in [0.29, 0.717) is 17.1 Å². The molecule has 0 unspecified atom stereocenters. The molecule has 0 saturated carbocycles. The van der Waals surface area contributed by atoms with Crippen LogP contribution in [0, 0.1) is 5.82 Å². The summed E-state index contributed by atoms with van der Waals surface area (Å²) in [6, 6.07) is 11.1. The Morgan fingerprint density at radius 1 is 1.29 bits per heavy atom. The molecule has 0 saturated heterocycles. The van der Waals surface area contributed by atoms with Gasteiger partial charge < -0.3 is 15.7 Å². The predicted octanol–water partition coefficient (Wildman–Crippen LogP) is 3.82. The first kappa shape index (κ1) is 15.2. The van der Waals surface area contributed by atoms with Crippen molar-refractivity contribution in [3.63, 3.8) is 0 Å². The lowest BCUT2D eigenvalue weighted by atomic mass is 10.2. The van der Waals surface area contributed by atoms with E-state index >= 15 is 0 Å². The van der Waals surface area contributed by atoms with Crippen molar-refractivity contribution < 1.29 is 14.3 Å². The summed E-state index contributed by atoms with van der Waals surface area (Å²) in [5.74, 6) is 1.40. The van der Waals surface area contributed by atoms with E-state index in [4.69, 9.17) is 15.7 Å². The Balaban J connectivity index is 2.42. The van der Waals surface area contributed by atoms with E-state index in [1.54, 1.807) is 17.8 Å². The van der Waals surface area contributed by atoms with Crippen LogP contribution in [0.3, 0.4) is 0 Å². The van der Waals surface area contributed by atoms with Crippen molar-refractivity contribution in [1.82, 2.24) is 0 Å². The molecule has 110 valence electrons. The average Bonchev–Trinajstić information content (AvgIpc) is 2.49. The van der Waals surface area contributed by atoms with Crippen molar-refractivity contribution in [2.75, 3.05) is 5.75 Å². The third kappa shape index (κ3) is 3.66. The van der Waals surface area contributed by atoms with Gasteiger partial charge in [0.15, 0.2) is 5.84 Å². The number of ether oxygens (including phenoxy) is 1. The summed E-state index contributed by atoms with van der Waals surface area (Å²) in [7, 11) is 0. The van der Waals surface area contributed by atoms with E-state index in [2.05, 4.69) is 5.16 Å². The van der Waals surface area contributed by atoms with Crippen LogP contribution in [0.1, 0.15) is 12.5 Å². The van der Waals surface area contributed by atoms with Gasteiger partial charge in [-0.3, -0.25) is 0 Å². The minimum Gasteiger partial charge on any atom is -0.457 e. The molecule has 2 aromatic carbocycles. The van der Waals surface area contributed by atoms with Crippen LogP contribution in [0.25, 0.3) is 0 Å². The maximum Gasteiger partial charge on any atom is 0.175 e. The predicted molar refractivity (Wildman–Crippen MR) is 81.8 cm³/mol. The van der Waals surface area contributed by atoms with Gasteiger partial charge in [0, 0.05) is 4.90 Å². The molecule has 21 heavy (non-hydrogen) atoms. The molecule has 0 bridgehead atoms. The molecule has 6 heteroatoms. The zero-order valence-electron chi connectivity index (χ0n) is 11.4. The highest BCUT2D eigenvalue weighted by atomic mass is 32.2. The highest BCUT2D eigenvalue weighted by molar-refractivity contribution is 7.99. The topological polar surface area (TPSA) is 67.8 Å². The molecule has 3 N–H and O–H groups in total. The number of oxime groups is 1. The highest BCUT2D eigenvalue weighted by Gasteiger charge is 2.15. The first-order valence-corrected chi connectivity index (χ1v) is 7.31. The number of amidine groups is 1. The molecule has 0 spiro atoms. The Kier molecular flexibility index (Phi) is 5.05. The van der Waals surface area contributed by atoms with Gasteiger partial charge in [0.05, 0.1) is 5.56 Å². The maximum atomic E-state index is 12.9. The molecule has 0 heterocycles. The fraction of sp³-hybridized carbons (Fsp3) is 0.133. The van der Waals surface area contributed by atoms with Crippen molar-refractivity contribution in [2.24, 2.45) is 10.9 Å². The minimum absolute atomic E-state index is 0.0244. The number of halogens is 1. The molecule has 0 amide bonds. The summed E-state index contributed by atoms with van der Waals surface area (Å²) in [6.45, 7) is 2.01. The largest absolute Gasteiger partial charge is 0.457 e. The molecule has 0 aromatic heterocycles. The van der Waals surface area contributed by atoms with E-state index in [1.807, 2.05) is 19.1 Å². The SMILES string of the molecule is CCSc1cccc(Oc2ccc(F)cc2)c1/C(N)=N/O. The van der Waals surface area contributed by atoms with Crippen molar-refractivity contribution in [3.05, 3.63) is 53.8 Å². The molecule has 0 radical (unpaired) electrons. The van der Waals surface area contributed by atoms with Crippen molar-refractivity contribution in [1.29, 1.82) is 0 Å². The Morgan fingerprint density at radius 3 is 2.62 bits per heavy atom. The van der Waals surface area contributed by atoms with Crippen LogP contribution in [-0.4, -0.2) is 16.8 Å². The lowest BCUT2D eigenvalue weighted by molar-refractivity contribution is 0.318. The molecule has 4 nitrogen and oxygen atoms in total. The summed E-state index contributed by atoms with van der Waals surface area (Å²) in [6.07, 6.45) is 0. The minimum atomic E-state index is -0.339. The summed E-state index contributed by atoms with van der Waals surface area (Å²) in [5.41, 5.74) is 6.27. The van der Waals surface area contributed by atoms with Crippen molar-refractivity contribution >= 4 is 17.6 Å². The van der Waals surface area contributed by atoms with E-state index in [9.17, 15) is 4.39 Å². The smallest absolute Gasteiger partial charge is 0.175 e. The lowest BCUT2D eigenvalue weighted by Crippen LogP contribution is -2.15. The number of hydrogen-bond acceptors (Lipinski definition) is 4. The number of hydrogen-bond donors (Lipinski definition) is 2. The number of thioether (sulfide) groups is 1. The van der Waals surface area contributed by atoms with Crippen LogP contribution >= 0.6 is 11.8 Å². The number of rotatable bonds is 5. The van der Waals surface area contributed by atoms with E-state index in [1.165, 1.54) is 24.3 Å². The first-order valence-electron chi connectivity index (χ1n) is 6.32. The molecular weight excluding hydrogens is 291 g/mol. The summed E-state index contributed by atoms with van der Waals surface area (Å²) in [4.78, 5) is 0.854. The van der Waals surface area contributed by atoms with Gasteiger partial charge in [0.1, 0.15) is 17.3 Å². The van der Waals surface area contributed by atoms with Gasteiger partial charge >= 0.3 is 0 Å². The van der Waals surface area contributed by atoms with Crippen LogP contribution in [0.15, 0.2) is 52.5 Å². The highest BCUT2D eigenvalue weighted by Crippen LogP contribution is 2.32. The maximum absolute atomic E-state index is 12.9. The van der Waals surface area contributed by atoms with E-state index in [-0.39, 0.29) is 11.7 Å². The Labute approximate surface area is 126 Å². The molecule has 2 aromatic rings. The Morgan fingerprint density at radius 2 is 2.00 bits per heavy atom. The monoisotopic (exact) mass is 306 g/mol. The molecule has 2 rings (SSSR count). The van der Waals surface area contributed by atoms with Crippen LogP contribution < -0.4 is 10.5 Å². The van der Waals surface area contributed by atoms with Crippen LogP contribution in [0.5, 0.6) is 11.5 Å². The zero-order valence-corrected chi connectivity index (χ0v) is 12.2. The Hall–Kier alpha value is -2.21. The van der Waals surface area contributed by atoms with E-state index < -0.39 is 0 Å². The van der Waals surface area contributed by atoms with Gasteiger partial charge in [0.25, 0.3) is 0 Å². The second-order valence-corrected chi connectivity index (χ2v) is 5.41. The molecule has 0 fully saturated rings. The lowest BCUT2D eigenvalue weighted by Gasteiger charge is -2.13. The number of benzene rings is 2. The first-order chi connectivity index (χ1) is 10.2. The standard InChI is InChI=1S/C15H15FN2O2S/c1-2-21-13-5-3-4-12(14(13)15(17)18-19)20-11-8-6-10(16)7-9-11/h3-9,19H,2H2,1H3,(H2,17,18). The van der Waals surface area contributed by atoms with Crippen LogP contribution in [0.2, 0.25) is 0 Å². The van der Waals surface area contributed by atoms with E-state index in [0.717, 1.165) is 10.6 Å². The summed E-state index contributed by atoms with van der Waals surface area (Å²) >= 11 is 1.56. The van der Waals surface area contributed by atoms with Gasteiger partial charge in [-0.15, -0.1) is 11.8 Å².